The van der Waals surface area contributed by atoms with E-state index in [-0.39, 0.29) is 43.1 Å². The van der Waals surface area contributed by atoms with Crippen LogP contribution in [0.2, 0.25) is 0 Å². The van der Waals surface area contributed by atoms with Gasteiger partial charge in [0.05, 0.1) is 111 Å². The third-order valence-electron chi connectivity index (χ3n) is 12.9. The molecule has 2 aliphatic rings. The van der Waals surface area contributed by atoms with Crippen molar-refractivity contribution in [2.75, 3.05) is 156 Å². The van der Waals surface area contributed by atoms with Gasteiger partial charge in [0.15, 0.2) is 6.61 Å². The lowest BCUT2D eigenvalue weighted by molar-refractivity contribution is -0.123. The number of ether oxygens (including phenoxy) is 10. The maximum atomic E-state index is 12.1. The van der Waals surface area contributed by atoms with Crippen LogP contribution in [0.4, 0.5) is 4.79 Å². The Morgan fingerprint density at radius 2 is 0.886 bits per heavy atom. The Morgan fingerprint density at radius 1 is 0.481 bits per heavy atom. The first-order valence-electron chi connectivity index (χ1n) is 30.0. The van der Waals surface area contributed by atoms with Crippen molar-refractivity contribution in [3.8, 4) is 11.5 Å². The molecule has 5 N–H and O–H groups in total. The minimum Gasteiger partial charge on any atom is -0.491 e. The minimum absolute atomic E-state index is 0.0215. The van der Waals surface area contributed by atoms with Gasteiger partial charge in [-0.25, -0.2) is 4.79 Å². The summed E-state index contributed by atoms with van der Waals surface area (Å²) >= 11 is 10.4. The summed E-state index contributed by atoms with van der Waals surface area (Å²) in [7, 11) is 0. The molecular formula is C58H106N4O14S3. The lowest BCUT2D eigenvalue weighted by atomic mass is 10.0. The van der Waals surface area contributed by atoms with Gasteiger partial charge in [0.2, 0.25) is 5.91 Å². The molecule has 2 heterocycles. The number of unbranched alkanes of at least 4 members (excludes halogenated alkanes) is 17. The number of thiol groups is 2. The normalized spacial score (nSPS) is 15.5. The van der Waals surface area contributed by atoms with Gasteiger partial charge in [0, 0.05) is 43.7 Å². The van der Waals surface area contributed by atoms with Crippen LogP contribution in [0.15, 0.2) is 24.3 Å². The Kier molecular flexibility index (Phi) is 51.8. The van der Waals surface area contributed by atoms with E-state index in [1.807, 2.05) is 11.8 Å². The molecule has 3 unspecified atom stereocenters. The maximum absolute atomic E-state index is 12.1. The molecule has 0 saturated carbocycles. The molecule has 2 saturated heterocycles. The molecule has 460 valence electrons. The largest absolute Gasteiger partial charge is 0.491 e. The van der Waals surface area contributed by atoms with E-state index < -0.39 is 0 Å². The van der Waals surface area contributed by atoms with Gasteiger partial charge in [-0.2, -0.15) is 37.0 Å². The monoisotopic (exact) mass is 1180 g/mol. The average molecular weight is 1180 g/mol. The van der Waals surface area contributed by atoms with Crippen LogP contribution >= 0.6 is 37.0 Å². The number of carbonyl (C=O) groups is 3. The summed E-state index contributed by atoms with van der Waals surface area (Å²) in [6.45, 7) is 9.81. The Labute approximate surface area is 490 Å². The summed E-state index contributed by atoms with van der Waals surface area (Å²) in [4.78, 5) is 35.7. The van der Waals surface area contributed by atoms with Gasteiger partial charge in [0.25, 0.3) is 5.91 Å². The highest BCUT2D eigenvalue weighted by molar-refractivity contribution is 8.00. The van der Waals surface area contributed by atoms with Crippen LogP contribution in [0.25, 0.3) is 0 Å². The van der Waals surface area contributed by atoms with Gasteiger partial charge in [-0.3, -0.25) is 9.59 Å². The Bertz CT molecular complexity index is 1510. The lowest BCUT2D eigenvalue weighted by Crippen LogP contribution is -2.36. The summed E-state index contributed by atoms with van der Waals surface area (Å²) in [5.74, 6) is 4.02. The first-order chi connectivity index (χ1) is 39.0. The number of urea groups is 1. The number of rotatable bonds is 57. The molecule has 0 spiro atoms. The number of hydrogen-bond acceptors (Lipinski definition) is 17. The van der Waals surface area contributed by atoms with Crippen molar-refractivity contribution in [1.82, 2.24) is 21.3 Å². The van der Waals surface area contributed by atoms with E-state index >= 15 is 0 Å². The molecule has 1 aromatic rings. The topological polar surface area (TPSA) is 212 Å². The molecule has 0 aromatic heterocycles. The molecule has 0 radical (unpaired) electrons. The Hall–Kier alpha value is -2.28. The van der Waals surface area contributed by atoms with E-state index in [0.29, 0.717) is 135 Å². The van der Waals surface area contributed by atoms with Gasteiger partial charge < -0.3 is 73.7 Å². The number of nitrogens with one attached hydrogen (secondary N) is 4. The average Bonchev–Trinajstić information content (AvgIpc) is 4.12. The fourth-order valence-corrected chi connectivity index (χ4v) is 10.5. The molecular weight excluding hydrogens is 1070 g/mol. The van der Waals surface area contributed by atoms with Gasteiger partial charge >= 0.3 is 6.03 Å². The molecule has 2 fully saturated rings. The second kappa shape index (κ2) is 56.2. The summed E-state index contributed by atoms with van der Waals surface area (Å²) in [5, 5.41) is 20.5. The van der Waals surface area contributed by atoms with Crippen molar-refractivity contribution in [3.05, 3.63) is 24.3 Å². The van der Waals surface area contributed by atoms with Crippen LogP contribution in [-0.4, -0.2) is 196 Å². The van der Waals surface area contributed by atoms with E-state index in [0.717, 1.165) is 62.6 Å². The Balaban J connectivity index is 0.000000813. The molecule has 3 atom stereocenters. The predicted octanol–water partition coefficient (Wildman–Crippen LogP) is 8.40. The van der Waals surface area contributed by atoms with E-state index in [2.05, 4.69) is 46.5 Å². The lowest BCUT2D eigenvalue weighted by Gasteiger charge is -2.16. The number of aliphatic hydroxyl groups is 1. The first kappa shape index (κ1) is 72.8. The summed E-state index contributed by atoms with van der Waals surface area (Å²) in [5.41, 5.74) is 0. The second-order valence-electron chi connectivity index (χ2n) is 19.6. The van der Waals surface area contributed by atoms with Crippen LogP contribution in [0.5, 0.6) is 11.5 Å². The molecule has 2 aliphatic heterocycles. The number of thioether (sulfide) groups is 1. The van der Waals surface area contributed by atoms with E-state index in [1.54, 1.807) is 24.3 Å². The molecule has 18 nitrogen and oxygen atoms in total. The zero-order valence-corrected chi connectivity index (χ0v) is 50.7. The highest BCUT2D eigenvalue weighted by Crippen LogP contribution is 2.33. The van der Waals surface area contributed by atoms with Crippen molar-refractivity contribution in [2.45, 2.75) is 159 Å². The first-order valence-corrected chi connectivity index (χ1v) is 32.3. The minimum atomic E-state index is -0.243. The van der Waals surface area contributed by atoms with Crippen LogP contribution in [0.1, 0.15) is 141 Å². The molecule has 79 heavy (non-hydrogen) atoms. The van der Waals surface area contributed by atoms with Crippen LogP contribution in [0.3, 0.4) is 0 Å². The molecule has 0 bridgehead atoms. The van der Waals surface area contributed by atoms with Crippen molar-refractivity contribution in [2.24, 2.45) is 0 Å². The predicted molar refractivity (Wildman–Crippen MR) is 322 cm³/mol. The van der Waals surface area contributed by atoms with E-state index in [9.17, 15) is 14.4 Å². The van der Waals surface area contributed by atoms with Crippen molar-refractivity contribution >= 4 is 54.9 Å². The van der Waals surface area contributed by atoms with Crippen LogP contribution in [-0.2, 0) is 47.5 Å². The fourth-order valence-electron chi connectivity index (χ4n) is 8.52. The number of aliphatic hydroxyl groups excluding tert-OH is 1. The smallest absolute Gasteiger partial charge is 0.315 e. The number of fused-ring (bicyclic) bond motifs is 1. The molecule has 21 heteroatoms. The van der Waals surface area contributed by atoms with Crippen molar-refractivity contribution in [1.29, 1.82) is 0 Å². The fraction of sp³-hybridized carbons (Fsp3) is 0.845. The van der Waals surface area contributed by atoms with Crippen LogP contribution in [0, 0.1) is 0 Å². The highest BCUT2D eigenvalue weighted by atomic mass is 32.2. The highest BCUT2D eigenvalue weighted by Gasteiger charge is 2.42. The van der Waals surface area contributed by atoms with Gasteiger partial charge in [-0.15, -0.1) is 0 Å². The summed E-state index contributed by atoms with van der Waals surface area (Å²) < 4.78 is 55.0. The number of benzene rings is 1. The van der Waals surface area contributed by atoms with Crippen LogP contribution < -0.4 is 30.7 Å². The number of amides is 4. The van der Waals surface area contributed by atoms with Crippen molar-refractivity contribution < 1.29 is 66.9 Å². The zero-order valence-electron chi connectivity index (χ0n) is 48.1. The summed E-state index contributed by atoms with van der Waals surface area (Å²) in [6, 6.07) is 7.47. The number of hydrogen-bond donors (Lipinski definition) is 7. The second-order valence-corrected chi connectivity index (χ2v) is 21.8. The van der Waals surface area contributed by atoms with Gasteiger partial charge in [-0.05, 0) is 74.3 Å². The van der Waals surface area contributed by atoms with E-state index in [1.165, 1.54) is 103 Å². The van der Waals surface area contributed by atoms with Crippen molar-refractivity contribution in [3.63, 3.8) is 0 Å². The number of carbonyl (C=O) groups excluding carboxylic acids is 3. The summed E-state index contributed by atoms with van der Waals surface area (Å²) in [6.07, 6.45) is 26.7. The third kappa shape index (κ3) is 45.9. The zero-order chi connectivity index (χ0) is 56.6. The van der Waals surface area contributed by atoms with Gasteiger partial charge in [-0.1, -0.05) is 96.3 Å². The molecule has 1 aromatic carbocycles. The third-order valence-corrected chi connectivity index (χ3v) is 15.0. The van der Waals surface area contributed by atoms with Gasteiger partial charge in [0.1, 0.15) is 18.1 Å². The Morgan fingerprint density at radius 3 is 1.37 bits per heavy atom. The molecule has 3 rings (SSSR count). The standard InChI is InChI=1S/C41H70N4O10S2.C17H36O4S/c46-38(13-9-8-12-37-40-36(33-57-37)44-41(48)45-40)42-18-21-50-24-25-51-22-19-43-39(47)32-55-35-16-14-34(15-17-35)54-30-29-53-28-27-52-26-23-49-20-10-6-4-2-1-3-5-7-11-31-56;18-10-12-20-14-16-21-15-13-19-11-8-6-4-2-1-3-5-7-9-17-22/h14-17,36-37,40,56H,1-13,18-33H2,(H,42,46)(H,43,47)(H2,44,45,48);18,22H,1-17H2. The maximum Gasteiger partial charge on any atom is 0.315 e. The molecule has 4 amide bonds. The molecule has 0 aliphatic carbocycles. The quantitative estimate of drug-likeness (QED) is 0.0186. The van der Waals surface area contributed by atoms with E-state index in [4.69, 9.17) is 52.5 Å². The SMILES string of the molecule is O=C(CCCCC1SCC2NC(=O)NC21)NCCOCCOCCNC(=O)COc1ccc(OCCOCCOCCOCCCCCCCCCCCS)cc1.OCCOCCOCCOCCCCCCCCCCCS.